The van der Waals surface area contributed by atoms with E-state index >= 15 is 0 Å². The van der Waals surface area contributed by atoms with Gasteiger partial charge in [-0.15, -0.1) is 0 Å². The van der Waals surface area contributed by atoms with Crippen LogP contribution in [0, 0.1) is 0 Å². The summed E-state index contributed by atoms with van der Waals surface area (Å²) in [5, 5.41) is 10.2. The molecule has 0 fully saturated rings. The molecule has 3 N–H and O–H groups in total. The fourth-order valence-electron chi connectivity index (χ4n) is 0.445. The molecule has 0 spiro atoms. The molecule has 0 radical (unpaired) electrons. The number of hydrogen-bond acceptors (Lipinski definition) is 3. The molecular weight excluding hydrogens is 104 g/mol. The van der Waals surface area contributed by atoms with Gasteiger partial charge in [-0.2, -0.15) is 0 Å². The topological polar surface area (TPSA) is 49.5 Å². The molecule has 50 valence electrons. The molecule has 3 nitrogen and oxygen atoms in total. The summed E-state index contributed by atoms with van der Waals surface area (Å²) in [4.78, 5) is 0. The monoisotopic (exact) mass is 118 g/mol. The molecule has 0 bridgehead atoms. The zero-order chi connectivity index (χ0) is 6.57. The summed E-state index contributed by atoms with van der Waals surface area (Å²) in [6.07, 6.45) is 0.455. The Morgan fingerprint density at radius 3 is 2.38 bits per heavy atom. The van der Waals surface area contributed by atoms with Gasteiger partial charge in [-0.1, -0.05) is 6.92 Å². The lowest BCUT2D eigenvalue weighted by Gasteiger charge is -2.17. The maximum Gasteiger partial charge on any atom is 0.116 e. The normalized spacial score (nSPS) is 14.6. The van der Waals surface area contributed by atoms with Crippen LogP contribution in [0.15, 0.2) is 0 Å². The van der Waals surface area contributed by atoms with E-state index in [1.807, 2.05) is 6.92 Å². The minimum atomic E-state index is -0.519. The van der Waals surface area contributed by atoms with Crippen molar-refractivity contribution < 1.29 is 5.11 Å². The highest BCUT2D eigenvalue weighted by Gasteiger charge is 2.00. The molecule has 1 unspecified atom stereocenters. The Morgan fingerprint density at radius 1 is 1.75 bits per heavy atom. The molecule has 0 aromatic carbocycles. The number of aliphatic hydroxyl groups excluding tert-OH is 1. The quantitative estimate of drug-likeness (QED) is 0.309. The van der Waals surface area contributed by atoms with Crippen LogP contribution in [0.4, 0.5) is 0 Å². The van der Waals surface area contributed by atoms with Crippen molar-refractivity contribution in [3.8, 4) is 0 Å². The Balaban J connectivity index is 3.17. The summed E-state index contributed by atoms with van der Waals surface area (Å²) in [5.41, 5.74) is 0. The summed E-state index contributed by atoms with van der Waals surface area (Å²) in [6.45, 7) is 4.41. The molecule has 3 heteroatoms. The van der Waals surface area contributed by atoms with Crippen molar-refractivity contribution in [3.05, 3.63) is 0 Å². The van der Waals surface area contributed by atoms with Crippen LogP contribution in [-0.2, 0) is 0 Å². The van der Waals surface area contributed by atoms with Gasteiger partial charge in [0.1, 0.15) is 6.23 Å². The van der Waals surface area contributed by atoms with Crippen molar-refractivity contribution in [3.63, 3.8) is 0 Å². The minimum Gasteiger partial charge on any atom is -0.377 e. The number of nitrogens with two attached hydrogens (primary N) is 1. The Bertz CT molecular complexity index is 56.4. The first kappa shape index (κ1) is 7.88. The van der Waals surface area contributed by atoms with Crippen LogP contribution >= 0.6 is 0 Å². The second kappa shape index (κ2) is 3.83. The highest BCUT2D eigenvalue weighted by Crippen LogP contribution is 1.86. The number of nitrogens with zero attached hydrogens (tertiary/aromatic N) is 1. The van der Waals surface area contributed by atoms with Crippen LogP contribution in [0.3, 0.4) is 0 Å². The third-order valence-electron chi connectivity index (χ3n) is 0.962. The van der Waals surface area contributed by atoms with Crippen molar-refractivity contribution in [2.45, 2.75) is 26.5 Å². The molecule has 8 heavy (non-hydrogen) atoms. The third kappa shape index (κ3) is 2.96. The van der Waals surface area contributed by atoms with Gasteiger partial charge in [-0.05, 0) is 13.3 Å². The van der Waals surface area contributed by atoms with Crippen LogP contribution in [0.5, 0.6) is 0 Å². The van der Waals surface area contributed by atoms with Crippen LogP contribution in [0.2, 0.25) is 0 Å². The summed E-state index contributed by atoms with van der Waals surface area (Å²) in [7, 11) is 0. The van der Waals surface area contributed by atoms with Gasteiger partial charge in [-0.3, -0.25) is 5.84 Å². The van der Waals surface area contributed by atoms with E-state index in [4.69, 9.17) is 10.9 Å². The van der Waals surface area contributed by atoms with Crippen molar-refractivity contribution in [1.82, 2.24) is 5.01 Å². The number of rotatable bonds is 3. The van der Waals surface area contributed by atoms with Gasteiger partial charge < -0.3 is 5.11 Å². The molecular formula is C5H14N2O. The maximum absolute atomic E-state index is 8.75. The maximum atomic E-state index is 8.75. The molecule has 0 rings (SSSR count). The van der Waals surface area contributed by atoms with Crippen molar-refractivity contribution in [2.24, 2.45) is 5.84 Å². The van der Waals surface area contributed by atoms with E-state index in [9.17, 15) is 0 Å². The van der Waals surface area contributed by atoms with E-state index in [1.54, 1.807) is 6.92 Å². The molecule has 0 amide bonds. The standard InChI is InChI=1S/C5H14N2O/c1-3-4-7(6)5(2)8/h5,8H,3-4,6H2,1-2H3. The van der Waals surface area contributed by atoms with Crippen molar-refractivity contribution >= 4 is 0 Å². The van der Waals surface area contributed by atoms with Gasteiger partial charge in [0.15, 0.2) is 0 Å². The molecule has 1 atom stereocenters. The highest BCUT2D eigenvalue weighted by atomic mass is 16.3. The van der Waals surface area contributed by atoms with Crippen LogP contribution in [0.25, 0.3) is 0 Å². The van der Waals surface area contributed by atoms with Gasteiger partial charge >= 0.3 is 0 Å². The molecule has 0 aromatic heterocycles. The molecule has 0 aliphatic rings. The molecule has 0 aliphatic heterocycles. The van der Waals surface area contributed by atoms with E-state index in [0.29, 0.717) is 0 Å². The molecule has 0 saturated heterocycles. The van der Waals surface area contributed by atoms with Gasteiger partial charge in [0.25, 0.3) is 0 Å². The fraction of sp³-hybridized carbons (Fsp3) is 1.00. The summed E-state index contributed by atoms with van der Waals surface area (Å²) in [5.74, 6) is 5.31. The minimum absolute atomic E-state index is 0.519. The Kier molecular flexibility index (Phi) is 3.77. The summed E-state index contributed by atoms with van der Waals surface area (Å²) >= 11 is 0. The first-order valence-electron chi connectivity index (χ1n) is 2.88. The molecule has 0 heterocycles. The van der Waals surface area contributed by atoms with Gasteiger partial charge in [-0.25, -0.2) is 5.01 Å². The van der Waals surface area contributed by atoms with Gasteiger partial charge in [0.05, 0.1) is 0 Å². The average Bonchev–Trinajstić information content (AvgIpc) is 1.67. The third-order valence-corrected chi connectivity index (χ3v) is 0.962. The Morgan fingerprint density at radius 2 is 2.25 bits per heavy atom. The number of hydrazine groups is 1. The second-order valence-electron chi connectivity index (χ2n) is 1.87. The van der Waals surface area contributed by atoms with E-state index in [0.717, 1.165) is 13.0 Å². The lowest BCUT2D eigenvalue weighted by Crippen LogP contribution is -2.39. The van der Waals surface area contributed by atoms with Gasteiger partial charge in [0, 0.05) is 6.54 Å². The highest BCUT2D eigenvalue weighted by molar-refractivity contribution is 4.44. The zero-order valence-electron chi connectivity index (χ0n) is 5.46. The van der Waals surface area contributed by atoms with E-state index in [1.165, 1.54) is 5.01 Å². The van der Waals surface area contributed by atoms with Crippen LogP contribution in [-0.4, -0.2) is 22.9 Å². The van der Waals surface area contributed by atoms with E-state index < -0.39 is 6.23 Å². The lowest BCUT2D eigenvalue weighted by atomic mass is 10.4. The number of aliphatic hydroxyl groups is 1. The van der Waals surface area contributed by atoms with Crippen LogP contribution < -0.4 is 5.84 Å². The molecule has 0 saturated carbocycles. The van der Waals surface area contributed by atoms with E-state index in [-0.39, 0.29) is 0 Å². The first-order valence-corrected chi connectivity index (χ1v) is 2.88. The predicted octanol–water partition coefficient (Wildman–Crippen LogP) is -0.0896. The first-order chi connectivity index (χ1) is 3.68. The van der Waals surface area contributed by atoms with Crippen LogP contribution in [0.1, 0.15) is 20.3 Å². The van der Waals surface area contributed by atoms with Gasteiger partial charge in [0.2, 0.25) is 0 Å². The predicted molar refractivity (Wildman–Crippen MR) is 32.9 cm³/mol. The molecule has 0 aliphatic carbocycles. The zero-order valence-corrected chi connectivity index (χ0v) is 5.46. The smallest absolute Gasteiger partial charge is 0.116 e. The SMILES string of the molecule is CCCN(N)C(C)O. The average molecular weight is 118 g/mol. The van der Waals surface area contributed by atoms with E-state index in [2.05, 4.69) is 0 Å². The van der Waals surface area contributed by atoms with Crippen molar-refractivity contribution in [1.29, 1.82) is 0 Å². The largest absolute Gasteiger partial charge is 0.377 e. The van der Waals surface area contributed by atoms with Crippen molar-refractivity contribution in [2.75, 3.05) is 6.54 Å². The summed E-state index contributed by atoms with van der Waals surface area (Å²) < 4.78 is 0. The lowest BCUT2D eigenvalue weighted by molar-refractivity contribution is 0.0181. The number of hydrogen-bond donors (Lipinski definition) is 2. The Hall–Kier alpha value is -0.120. The fourth-order valence-corrected chi connectivity index (χ4v) is 0.445. The molecule has 0 aromatic rings. The second-order valence-corrected chi connectivity index (χ2v) is 1.87. The summed E-state index contributed by atoms with van der Waals surface area (Å²) in [6, 6.07) is 0. The Labute approximate surface area is 50.1 Å².